The summed E-state index contributed by atoms with van der Waals surface area (Å²) in [7, 11) is 0. The Morgan fingerprint density at radius 1 is 1.19 bits per heavy atom. The summed E-state index contributed by atoms with van der Waals surface area (Å²) >= 11 is 0. The Bertz CT molecular complexity index is 458. The van der Waals surface area contributed by atoms with Crippen LogP contribution in [-0.2, 0) is 4.79 Å². The Hall–Kier alpha value is -1.57. The zero-order chi connectivity index (χ0) is 11.1. The summed E-state index contributed by atoms with van der Waals surface area (Å²) < 4.78 is 0. The monoisotopic (exact) mass is 213 g/mol. The summed E-state index contributed by atoms with van der Waals surface area (Å²) in [5.74, 6) is 0.282. The molecular formula is C14H15NO. The van der Waals surface area contributed by atoms with Crippen molar-refractivity contribution in [3.8, 4) is 0 Å². The normalized spacial score (nSPS) is 23.6. The highest BCUT2D eigenvalue weighted by Crippen LogP contribution is 2.41. The molecule has 2 heteroatoms. The van der Waals surface area contributed by atoms with Gasteiger partial charge >= 0.3 is 0 Å². The van der Waals surface area contributed by atoms with E-state index in [1.807, 2.05) is 6.08 Å². The van der Waals surface area contributed by atoms with E-state index in [9.17, 15) is 4.79 Å². The molecule has 3 rings (SSSR count). The minimum atomic E-state index is 0.282. The maximum atomic E-state index is 11.2. The summed E-state index contributed by atoms with van der Waals surface area (Å²) in [6.07, 6.45) is 3.45. The largest absolute Gasteiger partial charge is 0.363 e. The lowest BCUT2D eigenvalue weighted by Gasteiger charge is -2.06. The highest BCUT2D eigenvalue weighted by molar-refractivity contribution is 5.92. The van der Waals surface area contributed by atoms with Crippen LogP contribution in [0.4, 0.5) is 0 Å². The van der Waals surface area contributed by atoms with Crippen LogP contribution in [0, 0.1) is 6.92 Å². The van der Waals surface area contributed by atoms with Crippen molar-refractivity contribution < 1.29 is 4.79 Å². The Morgan fingerprint density at radius 3 is 2.56 bits per heavy atom. The van der Waals surface area contributed by atoms with Gasteiger partial charge in [-0.1, -0.05) is 29.8 Å². The van der Waals surface area contributed by atoms with E-state index in [2.05, 4.69) is 36.1 Å². The van der Waals surface area contributed by atoms with Gasteiger partial charge in [0.05, 0.1) is 6.04 Å². The van der Waals surface area contributed by atoms with Crippen molar-refractivity contribution in [1.82, 2.24) is 4.90 Å². The number of benzene rings is 1. The Balaban J connectivity index is 1.74. The second-order valence-electron chi connectivity index (χ2n) is 4.68. The molecular weight excluding hydrogens is 198 g/mol. The van der Waals surface area contributed by atoms with Gasteiger partial charge in [-0.2, -0.15) is 0 Å². The number of hydrogen-bond donors (Lipinski definition) is 0. The van der Waals surface area contributed by atoms with Gasteiger partial charge in [-0.25, -0.2) is 0 Å². The molecule has 0 radical (unpaired) electrons. The average molecular weight is 213 g/mol. The lowest BCUT2D eigenvalue weighted by atomic mass is 10.1. The van der Waals surface area contributed by atoms with E-state index in [4.69, 9.17) is 0 Å². The maximum Gasteiger partial charge on any atom is 0.157 e. The van der Waals surface area contributed by atoms with Crippen molar-refractivity contribution in [2.24, 2.45) is 0 Å². The van der Waals surface area contributed by atoms with Crippen LogP contribution >= 0.6 is 0 Å². The fourth-order valence-electron chi connectivity index (χ4n) is 2.34. The van der Waals surface area contributed by atoms with Crippen molar-refractivity contribution in [3.63, 3.8) is 0 Å². The van der Waals surface area contributed by atoms with E-state index < -0.39 is 0 Å². The summed E-state index contributed by atoms with van der Waals surface area (Å²) in [6.45, 7) is 3.18. The first kappa shape index (κ1) is 9.64. The zero-order valence-corrected chi connectivity index (χ0v) is 9.44. The molecule has 1 unspecified atom stereocenters. The van der Waals surface area contributed by atoms with Crippen molar-refractivity contribution in [3.05, 3.63) is 47.2 Å². The Labute approximate surface area is 95.6 Å². The molecule has 0 amide bonds. The van der Waals surface area contributed by atoms with E-state index in [1.54, 1.807) is 0 Å². The molecule has 0 aromatic heterocycles. The Kier molecular flexibility index (Phi) is 2.10. The van der Waals surface area contributed by atoms with Gasteiger partial charge in [0.2, 0.25) is 0 Å². The molecule has 1 aromatic rings. The number of allylic oxidation sites excluding steroid dienone is 2. The molecule has 0 N–H and O–H groups in total. The third kappa shape index (κ3) is 1.64. The van der Waals surface area contributed by atoms with Crippen LogP contribution in [0.1, 0.15) is 30.0 Å². The van der Waals surface area contributed by atoms with E-state index >= 15 is 0 Å². The molecule has 2 aliphatic rings. The second-order valence-corrected chi connectivity index (χ2v) is 4.68. The first-order valence-corrected chi connectivity index (χ1v) is 5.80. The second kappa shape index (κ2) is 3.48. The highest BCUT2D eigenvalue weighted by Gasteiger charge is 2.38. The molecule has 1 atom stereocenters. The minimum absolute atomic E-state index is 0.282. The molecule has 1 aliphatic carbocycles. The average Bonchev–Trinajstić information content (AvgIpc) is 2.96. The van der Waals surface area contributed by atoms with Gasteiger partial charge in [0.25, 0.3) is 0 Å². The molecule has 1 saturated heterocycles. The summed E-state index contributed by atoms with van der Waals surface area (Å²) in [6, 6.07) is 9.20. The standard InChI is InChI=1S/C14H15NO/c1-10-2-4-11(5-3-10)14-9-15(14)12-6-7-13(16)8-12/h2-5,8,14H,6-7,9H2,1H3. The van der Waals surface area contributed by atoms with Crippen LogP contribution in [0.5, 0.6) is 0 Å². The number of carbonyl (C=O) groups is 1. The smallest absolute Gasteiger partial charge is 0.157 e. The third-order valence-electron chi connectivity index (χ3n) is 3.40. The van der Waals surface area contributed by atoms with Crippen molar-refractivity contribution >= 4 is 5.78 Å². The van der Waals surface area contributed by atoms with E-state index in [1.165, 1.54) is 16.8 Å². The van der Waals surface area contributed by atoms with Crippen LogP contribution in [-0.4, -0.2) is 17.2 Å². The van der Waals surface area contributed by atoms with E-state index in [0.717, 1.165) is 13.0 Å². The highest BCUT2D eigenvalue weighted by atomic mass is 16.1. The van der Waals surface area contributed by atoms with Gasteiger partial charge in [0.15, 0.2) is 5.78 Å². The molecule has 82 valence electrons. The predicted molar refractivity (Wildman–Crippen MR) is 63.0 cm³/mol. The molecule has 0 spiro atoms. The summed E-state index contributed by atoms with van der Waals surface area (Å²) in [5, 5.41) is 0. The summed E-state index contributed by atoms with van der Waals surface area (Å²) in [4.78, 5) is 13.5. The number of nitrogens with zero attached hydrogens (tertiary/aromatic N) is 1. The van der Waals surface area contributed by atoms with Gasteiger partial charge in [-0.05, 0) is 18.9 Å². The molecule has 0 saturated carbocycles. The van der Waals surface area contributed by atoms with E-state index in [-0.39, 0.29) is 5.78 Å². The maximum absolute atomic E-state index is 11.2. The first-order valence-electron chi connectivity index (χ1n) is 5.80. The number of aryl methyl sites for hydroxylation is 1. The van der Waals surface area contributed by atoms with Crippen LogP contribution in [0.25, 0.3) is 0 Å². The van der Waals surface area contributed by atoms with Crippen molar-refractivity contribution in [1.29, 1.82) is 0 Å². The van der Waals surface area contributed by atoms with Crippen LogP contribution in [0.2, 0.25) is 0 Å². The number of hydrogen-bond acceptors (Lipinski definition) is 2. The topological polar surface area (TPSA) is 20.1 Å². The molecule has 0 bridgehead atoms. The molecule has 1 aromatic carbocycles. The first-order chi connectivity index (χ1) is 7.74. The van der Waals surface area contributed by atoms with Crippen LogP contribution < -0.4 is 0 Å². The van der Waals surface area contributed by atoms with Gasteiger partial charge in [-0.15, -0.1) is 0 Å². The van der Waals surface area contributed by atoms with Gasteiger partial charge in [0, 0.05) is 24.7 Å². The molecule has 1 aliphatic heterocycles. The fraction of sp³-hybridized carbons (Fsp3) is 0.357. The lowest BCUT2D eigenvalue weighted by molar-refractivity contribution is -0.114. The number of rotatable bonds is 2. The zero-order valence-electron chi connectivity index (χ0n) is 9.44. The Morgan fingerprint density at radius 2 is 1.94 bits per heavy atom. The molecule has 1 heterocycles. The summed E-state index contributed by atoms with van der Waals surface area (Å²) in [5.41, 5.74) is 3.90. The quantitative estimate of drug-likeness (QED) is 0.704. The van der Waals surface area contributed by atoms with Gasteiger partial charge < -0.3 is 4.90 Å². The third-order valence-corrected chi connectivity index (χ3v) is 3.40. The van der Waals surface area contributed by atoms with Gasteiger partial charge in [-0.3, -0.25) is 4.79 Å². The van der Waals surface area contributed by atoms with E-state index in [0.29, 0.717) is 12.5 Å². The minimum Gasteiger partial charge on any atom is -0.363 e. The number of carbonyl (C=O) groups excluding carboxylic acids is 1. The SMILES string of the molecule is Cc1ccc(C2CN2C2=CC(=O)CC2)cc1. The fourth-order valence-corrected chi connectivity index (χ4v) is 2.34. The number of ketones is 1. The lowest BCUT2D eigenvalue weighted by Crippen LogP contribution is -1.95. The van der Waals surface area contributed by atoms with Crippen LogP contribution in [0.3, 0.4) is 0 Å². The van der Waals surface area contributed by atoms with Crippen molar-refractivity contribution in [2.75, 3.05) is 6.54 Å². The molecule has 16 heavy (non-hydrogen) atoms. The van der Waals surface area contributed by atoms with Crippen molar-refractivity contribution in [2.45, 2.75) is 25.8 Å². The van der Waals surface area contributed by atoms with Gasteiger partial charge in [0.1, 0.15) is 0 Å². The molecule has 1 fully saturated rings. The van der Waals surface area contributed by atoms with Crippen LogP contribution in [0.15, 0.2) is 36.0 Å². The predicted octanol–water partition coefficient (Wildman–Crippen LogP) is 2.60. The molecule has 2 nitrogen and oxygen atoms in total.